The molecule has 1 saturated carbocycles. The van der Waals surface area contributed by atoms with Crippen molar-refractivity contribution < 1.29 is 50.2 Å². The molecule has 3 aromatic carbocycles. The number of likely N-dealkylation sites (N-methyl/N-ethyl adjacent to an activating group) is 1. The van der Waals surface area contributed by atoms with E-state index in [4.69, 9.17) is 0 Å². The van der Waals surface area contributed by atoms with E-state index in [-0.39, 0.29) is 16.5 Å². The predicted molar refractivity (Wildman–Crippen MR) is 145 cm³/mol. The highest BCUT2D eigenvalue weighted by molar-refractivity contribution is 7.89. The van der Waals surface area contributed by atoms with Gasteiger partial charge in [0.15, 0.2) is 28.2 Å². The number of carboxylic acids is 1. The van der Waals surface area contributed by atoms with E-state index in [1.54, 1.807) is 12.1 Å². The van der Waals surface area contributed by atoms with Gasteiger partial charge in [-0.05, 0) is 48.1 Å². The summed E-state index contributed by atoms with van der Waals surface area (Å²) in [5.74, 6) is -15.4. The first-order valence-corrected chi connectivity index (χ1v) is 14.6. The van der Waals surface area contributed by atoms with Gasteiger partial charge in [0.1, 0.15) is 11.3 Å². The van der Waals surface area contributed by atoms with Crippen molar-refractivity contribution in [2.45, 2.75) is 49.5 Å². The highest BCUT2D eigenvalue weighted by Crippen LogP contribution is 2.33. The summed E-state index contributed by atoms with van der Waals surface area (Å²) in [5.41, 5.74) is 1.03. The quantitative estimate of drug-likeness (QED) is 0.179. The molecule has 1 fully saturated rings. The normalized spacial score (nSPS) is 14.2. The molecule has 0 spiro atoms. The lowest BCUT2D eigenvalue weighted by molar-refractivity contribution is -0.118. The van der Waals surface area contributed by atoms with Gasteiger partial charge < -0.3 is 15.1 Å². The number of nitrogens with zero attached hydrogens (tertiary/aromatic N) is 2. The summed E-state index contributed by atoms with van der Waals surface area (Å²) in [6.07, 6.45) is 5.48. The van der Waals surface area contributed by atoms with Crippen molar-refractivity contribution in [3.63, 3.8) is 0 Å². The summed E-state index contributed by atoms with van der Waals surface area (Å²) in [7, 11) is -4.73. The van der Waals surface area contributed by atoms with Gasteiger partial charge >= 0.3 is 5.97 Å². The summed E-state index contributed by atoms with van der Waals surface area (Å²) in [4.78, 5) is 24.0. The van der Waals surface area contributed by atoms with Crippen molar-refractivity contribution in [1.82, 2.24) is 4.31 Å². The Labute approximate surface area is 244 Å². The van der Waals surface area contributed by atoms with Gasteiger partial charge in [-0.2, -0.15) is 4.31 Å². The Bertz CT molecular complexity index is 1630. The van der Waals surface area contributed by atoms with Crippen LogP contribution in [0.1, 0.15) is 59.5 Å². The molecule has 0 saturated heterocycles. The molecule has 0 radical (unpaired) electrons. The molecule has 230 valence electrons. The van der Waals surface area contributed by atoms with Gasteiger partial charge in [-0.15, -0.1) is 0 Å². The number of phenols is 1. The summed E-state index contributed by atoms with van der Waals surface area (Å²) in [6, 6.07) is 10.5. The number of halogens is 5. The van der Waals surface area contributed by atoms with Crippen LogP contribution in [0.25, 0.3) is 0 Å². The average molecular weight is 627 g/mol. The number of hydrogen-bond acceptors (Lipinski definition) is 5. The molecule has 0 heterocycles. The van der Waals surface area contributed by atoms with Crippen LogP contribution in [0.5, 0.6) is 5.75 Å². The van der Waals surface area contributed by atoms with E-state index in [0.29, 0.717) is 18.5 Å². The molecule has 0 aromatic heterocycles. The third kappa shape index (κ3) is 6.49. The number of aromatic carboxylic acids is 1. The van der Waals surface area contributed by atoms with E-state index in [1.807, 2.05) is 12.1 Å². The minimum atomic E-state index is -5.44. The number of hydrogen-bond donors (Lipinski definition) is 2. The zero-order valence-electron chi connectivity index (χ0n) is 22.8. The van der Waals surface area contributed by atoms with Crippen LogP contribution in [-0.2, 0) is 21.4 Å². The van der Waals surface area contributed by atoms with Gasteiger partial charge in [-0.3, -0.25) is 4.79 Å². The molecule has 4 rings (SSSR count). The molecule has 43 heavy (non-hydrogen) atoms. The molecule has 0 bridgehead atoms. The maximum absolute atomic E-state index is 14.3. The summed E-state index contributed by atoms with van der Waals surface area (Å²) < 4.78 is 95.6. The van der Waals surface area contributed by atoms with Crippen molar-refractivity contribution in [3.05, 3.63) is 88.2 Å². The SMILES string of the molecule is CN(CC(=O)N(Cc1ccc(C2CCCCC2)cc1)c1ccc(O)c(C(=O)O)c1)S(=O)(=O)c1c(F)c(F)c(F)c(F)c1F. The standard InChI is InChI=1S/C29H27F5N2O6S/c1-35(43(41,42)28-26(33)24(31)23(30)25(32)27(28)34)15-22(38)36(19-11-12-21(37)20(13-19)29(39)40)14-16-7-9-18(10-8-16)17-5-3-2-4-6-17/h7-13,17,37H,2-6,14-15H2,1H3,(H,39,40). The zero-order valence-corrected chi connectivity index (χ0v) is 23.6. The van der Waals surface area contributed by atoms with E-state index in [2.05, 4.69) is 0 Å². The van der Waals surface area contributed by atoms with Crippen molar-refractivity contribution >= 4 is 27.6 Å². The lowest BCUT2D eigenvalue weighted by atomic mass is 9.84. The fraction of sp³-hybridized carbons (Fsp3) is 0.310. The number of anilines is 1. The molecule has 1 aliphatic rings. The van der Waals surface area contributed by atoms with Gasteiger partial charge in [0.05, 0.1) is 13.1 Å². The highest BCUT2D eigenvalue weighted by Gasteiger charge is 2.37. The van der Waals surface area contributed by atoms with Crippen LogP contribution >= 0.6 is 0 Å². The minimum Gasteiger partial charge on any atom is -0.507 e. The first-order chi connectivity index (χ1) is 20.2. The largest absolute Gasteiger partial charge is 0.507 e. The monoisotopic (exact) mass is 626 g/mol. The fourth-order valence-corrected chi connectivity index (χ4v) is 6.25. The van der Waals surface area contributed by atoms with Crippen LogP contribution in [0.2, 0.25) is 0 Å². The van der Waals surface area contributed by atoms with Crippen LogP contribution < -0.4 is 4.90 Å². The van der Waals surface area contributed by atoms with Crippen LogP contribution in [-0.4, -0.2) is 48.4 Å². The van der Waals surface area contributed by atoms with Crippen molar-refractivity contribution in [1.29, 1.82) is 0 Å². The molecule has 1 amide bonds. The van der Waals surface area contributed by atoms with Crippen LogP contribution in [0, 0.1) is 29.1 Å². The van der Waals surface area contributed by atoms with Crippen molar-refractivity contribution in [2.75, 3.05) is 18.5 Å². The third-order valence-electron chi connectivity index (χ3n) is 7.42. The number of amides is 1. The molecule has 0 aliphatic heterocycles. The molecular weight excluding hydrogens is 599 g/mol. The number of carboxylic acid groups (broad SMARTS) is 1. The van der Waals surface area contributed by atoms with Crippen LogP contribution in [0.3, 0.4) is 0 Å². The Kier molecular flexibility index (Phi) is 9.40. The Morgan fingerprint density at radius 2 is 1.42 bits per heavy atom. The Morgan fingerprint density at radius 1 is 0.860 bits per heavy atom. The fourth-order valence-electron chi connectivity index (χ4n) is 5.03. The molecule has 0 unspecified atom stereocenters. The van der Waals surface area contributed by atoms with Crippen molar-refractivity contribution in [3.8, 4) is 5.75 Å². The second-order valence-corrected chi connectivity index (χ2v) is 12.2. The summed E-state index contributed by atoms with van der Waals surface area (Å²) >= 11 is 0. The highest BCUT2D eigenvalue weighted by atomic mass is 32.2. The molecule has 14 heteroatoms. The molecule has 1 aliphatic carbocycles. The number of carbonyl (C=O) groups excluding carboxylic acids is 1. The zero-order chi connectivity index (χ0) is 31.6. The first kappa shape index (κ1) is 31.9. The van der Waals surface area contributed by atoms with E-state index < -0.39 is 73.7 Å². The topological polar surface area (TPSA) is 115 Å². The Balaban J connectivity index is 1.67. The van der Waals surface area contributed by atoms with Gasteiger partial charge in [0.2, 0.25) is 21.7 Å². The number of sulfonamides is 1. The third-order valence-corrected chi connectivity index (χ3v) is 9.24. The van der Waals surface area contributed by atoms with Crippen LogP contribution in [0.15, 0.2) is 47.4 Å². The molecule has 3 aromatic rings. The summed E-state index contributed by atoms with van der Waals surface area (Å²) in [6.45, 7) is -1.35. The number of aromatic hydroxyl groups is 1. The van der Waals surface area contributed by atoms with Gasteiger partial charge in [-0.25, -0.2) is 35.2 Å². The summed E-state index contributed by atoms with van der Waals surface area (Å²) in [5, 5.41) is 19.4. The lowest BCUT2D eigenvalue weighted by Crippen LogP contribution is -2.41. The van der Waals surface area contributed by atoms with E-state index in [1.165, 1.54) is 12.5 Å². The van der Waals surface area contributed by atoms with Crippen LogP contribution in [0.4, 0.5) is 27.6 Å². The second kappa shape index (κ2) is 12.7. The molecule has 8 nitrogen and oxygen atoms in total. The molecule has 0 atom stereocenters. The predicted octanol–water partition coefficient (Wildman–Crippen LogP) is 5.69. The van der Waals surface area contributed by atoms with Gasteiger partial charge in [-0.1, -0.05) is 43.5 Å². The number of rotatable bonds is 9. The second-order valence-electron chi connectivity index (χ2n) is 10.2. The van der Waals surface area contributed by atoms with E-state index in [9.17, 15) is 50.2 Å². The maximum Gasteiger partial charge on any atom is 0.339 e. The Morgan fingerprint density at radius 3 is 1.98 bits per heavy atom. The maximum atomic E-state index is 14.3. The number of benzene rings is 3. The number of carbonyl (C=O) groups is 2. The minimum absolute atomic E-state index is 0.0708. The van der Waals surface area contributed by atoms with E-state index >= 15 is 0 Å². The molecular formula is C29H27F5N2O6S. The van der Waals surface area contributed by atoms with Gasteiger partial charge in [0, 0.05) is 12.7 Å². The van der Waals surface area contributed by atoms with Crippen molar-refractivity contribution in [2.24, 2.45) is 0 Å². The smallest absolute Gasteiger partial charge is 0.339 e. The van der Waals surface area contributed by atoms with E-state index in [0.717, 1.165) is 48.3 Å². The lowest BCUT2D eigenvalue weighted by Gasteiger charge is -2.27. The molecule has 2 N–H and O–H groups in total. The average Bonchev–Trinajstić information content (AvgIpc) is 2.98. The first-order valence-electron chi connectivity index (χ1n) is 13.2. The Hall–Kier alpha value is -4.04. The van der Waals surface area contributed by atoms with Gasteiger partial charge in [0.25, 0.3) is 0 Å².